The van der Waals surface area contributed by atoms with E-state index in [0.29, 0.717) is 24.3 Å². The first-order valence-corrected chi connectivity index (χ1v) is 15.6. The third-order valence-corrected chi connectivity index (χ3v) is 8.49. The Balaban J connectivity index is 1.21. The second-order valence-corrected chi connectivity index (χ2v) is 13.2. The molecule has 236 valence electrons. The van der Waals surface area contributed by atoms with Gasteiger partial charge in [-0.3, -0.25) is 14.5 Å². The van der Waals surface area contributed by atoms with Gasteiger partial charge in [-0.25, -0.2) is 9.97 Å². The van der Waals surface area contributed by atoms with Crippen LogP contribution in [0.25, 0.3) is 11.6 Å². The zero-order chi connectivity index (χ0) is 31.6. The number of benzene rings is 1. The Morgan fingerprint density at radius 3 is 2.39 bits per heavy atom. The van der Waals surface area contributed by atoms with Crippen molar-refractivity contribution in [3.05, 3.63) is 47.0 Å². The van der Waals surface area contributed by atoms with Crippen molar-refractivity contribution in [2.24, 2.45) is 5.41 Å². The number of nitrogens with zero attached hydrogens (tertiary/aromatic N) is 7. The van der Waals surface area contributed by atoms with Gasteiger partial charge in [0.15, 0.2) is 17.3 Å². The average molecular weight is 604 g/mol. The van der Waals surface area contributed by atoms with Gasteiger partial charge in [-0.2, -0.15) is 0 Å². The molecule has 44 heavy (non-hydrogen) atoms. The van der Waals surface area contributed by atoms with Crippen LogP contribution in [0.2, 0.25) is 0 Å². The number of rotatable bonds is 7. The fraction of sp³-hybridized carbons (Fsp3) is 0.562. The molecule has 4 heterocycles. The highest BCUT2D eigenvalue weighted by Crippen LogP contribution is 2.30. The lowest BCUT2D eigenvalue weighted by molar-refractivity contribution is 0.0490. The molecule has 3 aromatic rings. The lowest BCUT2D eigenvalue weighted by Crippen LogP contribution is -2.59. The van der Waals surface area contributed by atoms with Crippen LogP contribution < -0.4 is 16.0 Å². The zero-order valence-corrected chi connectivity index (χ0v) is 26.8. The van der Waals surface area contributed by atoms with E-state index in [1.54, 1.807) is 0 Å². The van der Waals surface area contributed by atoms with Gasteiger partial charge >= 0.3 is 11.8 Å². The summed E-state index contributed by atoms with van der Waals surface area (Å²) >= 11 is 0. The maximum absolute atomic E-state index is 13.0. The zero-order valence-electron chi connectivity index (χ0n) is 26.8. The average Bonchev–Trinajstić information content (AvgIpc) is 3.50. The molecule has 1 atom stereocenters. The molecule has 2 aromatic heterocycles. The van der Waals surface area contributed by atoms with Crippen LogP contribution in [0.15, 0.2) is 28.7 Å². The molecule has 0 radical (unpaired) electrons. The van der Waals surface area contributed by atoms with E-state index in [4.69, 9.17) is 15.1 Å². The number of carbonyl (C=O) groups excluding carboxylic acids is 2. The molecule has 1 unspecified atom stereocenters. The topological polar surface area (TPSA) is 147 Å². The molecule has 0 bridgehead atoms. The van der Waals surface area contributed by atoms with Crippen LogP contribution in [0.3, 0.4) is 0 Å². The Bertz CT molecular complexity index is 1470. The van der Waals surface area contributed by atoms with Crippen LogP contribution in [0.4, 0.5) is 11.6 Å². The highest BCUT2D eigenvalue weighted by molar-refractivity contribution is 5.94. The van der Waals surface area contributed by atoms with Gasteiger partial charge in [0.05, 0.1) is 5.69 Å². The molecular weight excluding hydrogens is 558 g/mol. The molecule has 2 saturated heterocycles. The van der Waals surface area contributed by atoms with Crippen molar-refractivity contribution < 1.29 is 14.0 Å². The van der Waals surface area contributed by atoms with Crippen LogP contribution in [0.5, 0.6) is 0 Å². The van der Waals surface area contributed by atoms with Crippen molar-refractivity contribution in [3.8, 4) is 11.6 Å². The molecule has 12 heteroatoms. The quantitative estimate of drug-likeness (QED) is 0.410. The van der Waals surface area contributed by atoms with Gasteiger partial charge in [0.1, 0.15) is 0 Å². The maximum Gasteiger partial charge on any atom is 0.308 e. The van der Waals surface area contributed by atoms with Crippen LogP contribution in [-0.2, 0) is 0 Å². The second-order valence-electron chi connectivity index (χ2n) is 13.2. The first-order valence-electron chi connectivity index (χ1n) is 15.6. The molecular formula is C32H45N9O3. The standard InChI is InChI=1S/C32H45N9O3/c1-7-23-18-40(16-17-41(23)24-12-14-39(15-13-24)31(43)22-10-8-20(2)9-11-22)27-21(3)35-25(26(33)36-27)29-37-38-30(44-29)28(42)34-19-32(4,5)6/h8-11,23-24H,7,12-19H2,1-6H3,(H2,33,36)(H,34,42). The monoisotopic (exact) mass is 603 g/mol. The van der Waals surface area contributed by atoms with Crippen molar-refractivity contribution in [1.82, 2.24) is 35.3 Å². The summed E-state index contributed by atoms with van der Waals surface area (Å²) in [4.78, 5) is 41.8. The van der Waals surface area contributed by atoms with Crippen LogP contribution >= 0.6 is 0 Å². The number of nitrogen functional groups attached to an aromatic ring is 1. The summed E-state index contributed by atoms with van der Waals surface area (Å²) in [5, 5.41) is 10.7. The van der Waals surface area contributed by atoms with Gasteiger partial charge < -0.3 is 25.3 Å². The normalized spacial score (nSPS) is 18.5. The SMILES string of the molecule is CCC1CN(c2nc(N)c(-c3nnc(C(=O)NCC(C)(C)C)o3)nc2C)CCN1C1CCN(C(=O)c2ccc(C)cc2)CC1. The lowest BCUT2D eigenvalue weighted by atomic mass is 9.97. The van der Waals surface area contributed by atoms with Crippen molar-refractivity contribution in [3.63, 3.8) is 0 Å². The molecule has 1 aromatic carbocycles. The van der Waals surface area contributed by atoms with E-state index in [2.05, 4.69) is 37.2 Å². The molecule has 0 aliphatic carbocycles. The predicted octanol–water partition coefficient (Wildman–Crippen LogP) is 3.71. The van der Waals surface area contributed by atoms with Gasteiger partial charge in [0.2, 0.25) is 0 Å². The maximum atomic E-state index is 13.0. The Labute approximate surface area is 259 Å². The Morgan fingerprint density at radius 1 is 1.02 bits per heavy atom. The first-order chi connectivity index (χ1) is 20.9. The number of likely N-dealkylation sites (tertiary alicyclic amines) is 1. The molecule has 0 saturated carbocycles. The van der Waals surface area contributed by atoms with Crippen molar-refractivity contribution in [2.75, 3.05) is 49.9 Å². The summed E-state index contributed by atoms with van der Waals surface area (Å²) in [7, 11) is 0. The number of nitrogens with one attached hydrogen (secondary N) is 1. The molecule has 12 nitrogen and oxygen atoms in total. The highest BCUT2D eigenvalue weighted by Gasteiger charge is 2.35. The first kappa shape index (κ1) is 31.4. The number of aromatic nitrogens is 4. The van der Waals surface area contributed by atoms with Gasteiger partial charge in [0.25, 0.3) is 11.8 Å². The highest BCUT2D eigenvalue weighted by atomic mass is 16.4. The smallest absolute Gasteiger partial charge is 0.308 e. The van der Waals surface area contributed by atoms with E-state index >= 15 is 0 Å². The van der Waals surface area contributed by atoms with Crippen LogP contribution in [0.1, 0.15) is 79.3 Å². The van der Waals surface area contributed by atoms with E-state index in [0.717, 1.165) is 68.9 Å². The van der Waals surface area contributed by atoms with Gasteiger partial charge in [-0.1, -0.05) is 45.4 Å². The second kappa shape index (κ2) is 12.9. The number of hydrogen-bond acceptors (Lipinski definition) is 10. The van der Waals surface area contributed by atoms with Crippen molar-refractivity contribution >= 4 is 23.5 Å². The van der Waals surface area contributed by atoms with E-state index < -0.39 is 5.91 Å². The van der Waals surface area contributed by atoms with E-state index in [-0.39, 0.29) is 34.6 Å². The Kier molecular flexibility index (Phi) is 9.19. The van der Waals surface area contributed by atoms with Gasteiger partial charge in [-0.05, 0) is 50.7 Å². The summed E-state index contributed by atoms with van der Waals surface area (Å²) in [5.41, 5.74) is 9.17. The Hall–Kier alpha value is -4.06. The number of hydrogen-bond donors (Lipinski definition) is 2. The summed E-state index contributed by atoms with van der Waals surface area (Å²) < 4.78 is 5.62. The fourth-order valence-corrected chi connectivity index (χ4v) is 6.00. The number of piperazine rings is 1. The van der Waals surface area contributed by atoms with E-state index in [1.807, 2.05) is 63.8 Å². The third-order valence-electron chi connectivity index (χ3n) is 8.49. The Morgan fingerprint density at radius 2 is 1.73 bits per heavy atom. The molecule has 0 spiro atoms. The third kappa shape index (κ3) is 7.01. The fourth-order valence-electron chi connectivity index (χ4n) is 6.00. The van der Waals surface area contributed by atoms with Crippen LogP contribution in [-0.4, -0.2) is 93.1 Å². The number of anilines is 2. The van der Waals surface area contributed by atoms with Gasteiger partial charge in [-0.15, -0.1) is 10.2 Å². The lowest BCUT2D eigenvalue weighted by Gasteiger charge is -2.47. The molecule has 2 amide bonds. The number of piperidine rings is 1. The number of amides is 2. The van der Waals surface area contributed by atoms with E-state index in [9.17, 15) is 9.59 Å². The minimum Gasteiger partial charge on any atom is -0.410 e. The summed E-state index contributed by atoms with van der Waals surface area (Å²) in [5.74, 6) is 0.525. The molecule has 5 rings (SSSR count). The number of aryl methyl sites for hydroxylation is 2. The molecule has 2 fully saturated rings. The number of carbonyl (C=O) groups is 2. The minimum absolute atomic E-state index is 0.0639. The number of nitrogens with two attached hydrogens (primary N) is 1. The predicted molar refractivity (Wildman–Crippen MR) is 169 cm³/mol. The van der Waals surface area contributed by atoms with Crippen molar-refractivity contribution in [1.29, 1.82) is 0 Å². The van der Waals surface area contributed by atoms with Gasteiger partial charge in [0, 0.05) is 56.9 Å². The summed E-state index contributed by atoms with van der Waals surface area (Å²) in [6, 6.07) is 8.63. The molecule has 3 N–H and O–H groups in total. The van der Waals surface area contributed by atoms with Crippen LogP contribution in [0, 0.1) is 19.3 Å². The summed E-state index contributed by atoms with van der Waals surface area (Å²) in [6.07, 6.45) is 2.94. The van der Waals surface area contributed by atoms with E-state index in [1.165, 1.54) is 0 Å². The largest absolute Gasteiger partial charge is 0.410 e. The molecule has 2 aliphatic rings. The molecule has 2 aliphatic heterocycles. The summed E-state index contributed by atoms with van der Waals surface area (Å²) in [6.45, 7) is 16.7. The minimum atomic E-state index is -0.439. The van der Waals surface area contributed by atoms with Crippen molar-refractivity contribution in [2.45, 2.75) is 72.9 Å².